The van der Waals surface area contributed by atoms with E-state index in [2.05, 4.69) is 70.8 Å². The third kappa shape index (κ3) is 4.67. The Balaban J connectivity index is 1.83. The Morgan fingerprint density at radius 2 is 1.29 bits per heavy atom. The van der Waals surface area contributed by atoms with Crippen LogP contribution in [0.4, 0.5) is 0 Å². The highest BCUT2D eigenvalue weighted by Crippen LogP contribution is 2.29. The Bertz CT molecular complexity index is 1490. The molecule has 0 radical (unpaired) electrons. The van der Waals surface area contributed by atoms with Gasteiger partial charge in [-0.05, 0) is 39.7 Å². The van der Waals surface area contributed by atoms with Crippen molar-refractivity contribution in [3.05, 3.63) is 86.1 Å². The van der Waals surface area contributed by atoms with E-state index < -0.39 is 11.2 Å². The molecule has 2 aromatic heterocycles. The van der Waals surface area contributed by atoms with E-state index in [4.69, 9.17) is 4.74 Å². The molecule has 184 valence electrons. The minimum atomic E-state index is -0.428. The fraction of sp³-hybridized carbons (Fsp3) is 0.393. The average molecular weight is 475 g/mol. The van der Waals surface area contributed by atoms with Crippen molar-refractivity contribution < 1.29 is 4.74 Å². The van der Waals surface area contributed by atoms with Crippen LogP contribution in [-0.2, 0) is 31.5 Å². The van der Waals surface area contributed by atoms with Crippen molar-refractivity contribution in [2.45, 2.75) is 58.9 Å². The largest absolute Gasteiger partial charge is 0.425 e. The van der Waals surface area contributed by atoms with Crippen molar-refractivity contribution in [1.82, 2.24) is 18.7 Å². The molecule has 0 aliphatic rings. The lowest BCUT2D eigenvalue weighted by atomic mass is 9.87. The third-order valence-corrected chi connectivity index (χ3v) is 6.40. The molecule has 0 saturated heterocycles. The molecule has 0 spiro atoms. The highest BCUT2D eigenvalue weighted by molar-refractivity contribution is 5.72. The first kappa shape index (κ1) is 24.5. The van der Waals surface area contributed by atoms with Crippen molar-refractivity contribution in [3.63, 3.8) is 0 Å². The molecule has 7 heteroatoms. The van der Waals surface area contributed by atoms with Crippen molar-refractivity contribution in [2.24, 2.45) is 14.1 Å². The van der Waals surface area contributed by atoms with Crippen LogP contribution >= 0.6 is 0 Å². The normalized spacial score (nSPS) is 12.3. The number of rotatable bonds is 4. The summed E-state index contributed by atoms with van der Waals surface area (Å²) in [6.07, 6.45) is 0. The maximum absolute atomic E-state index is 13.2. The Morgan fingerprint density at radius 3 is 1.80 bits per heavy atom. The molecule has 7 nitrogen and oxygen atoms in total. The van der Waals surface area contributed by atoms with E-state index in [0.717, 1.165) is 10.1 Å². The van der Waals surface area contributed by atoms with E-state index >= 15 is 0 Å². The van der Waals surface area contributed by atoms with Crippen molar-refractivity contribution in [1.29, 1.82) is 0 Å². The summed E-state index contributed by atoms with van der Waals surface area (Å²) in [4.78, 5) is 30.3. The number of imidazole rings is 1. The van der Waals surface area contributed by atoms with Crippen molar-refractivity contribution in [2.75, 3.05) is 0 Å². The minimum Gasteiger partial charge on any atom is -0.425 e. The molecule has 0 aliphatic heterocycles. The van der Waals surface area contributed by atoms with Gasteiger partial charge < -0.3 is 4.74 Å². The Morgan fingerprint density at radius 1 is 0.771 bits per heavy atom. The van der Waals surface area contributed by atoms with E-state index in [9.17, 15) is 9.59 Å². The zero-order valence-corrected chi connectivity index (χ0v) is 21.8. The topological polar surface area (TPSA) is 71.1 Å². The summed E-state index contributed by atoms with van der Waals surface area (Å²) in [6.45, 7) is 13.4. The first-order valence-corrected chi connectivity index (χ1v) is 11.8. The van der Waals surface area contributed by atoms with Gasteiger partial charge in [-0.1, -0.05) is 77.9 Å². The fourth-order valence-electron chi connectivity index (χ4n) is 4.07. The third-order valence-electron chi connectivity index (χ3n) is 6.40. The quantitative estimate of drug-likeness (QED) is 0.423. The second-order valence-electron chi connectivity index (χ2n) is 11.2. The molecule has 0 amide bonds. The summed E-state index contributed by atoms with van der Waals surface area (Å²) >= 11 is 0. The summed E-state index contributed by atoms with van der Waals surface area (Å²) in [5.74, 6) is 0.611. The number of hydrogen-bond donors (Lipinski definition) is 0. The highest BCUT2D eigenvalue weighted by Gasteiger charge is 2.22. The molecule has 4 rings (SSSR count). The lowest BCUT2D eigenvalue weighted by Gasteiger charge is -2.19. The number of hydrogen-bond acceptors (Lipinski definition) is 4. The number of ether oxygens (including phenoxy) is 1. The summed E-state index contributed by atoms with van der Waals surface area (Å²) < 4.78 is 10.4. The number of fused-ring (bicyclic) bond motifs is 1. The molecule has 0 bridgehead atoms. The van der Waals surface area contributed by atoms with Gasteiger partial charge in [0.05, 0.1) is 6.54 Å². The smallest absolute Gasteiger partial charge is 0.332 e. The fourth-order valence-corrected chi connectivity index (χ4v) is 4.07. The maximum Gasteiger partial charge on any atom is 0.332 e. The van der Waals surface area contributed by atoms with Gasteiger partial charge >= 0.3 is 11.7 Å². The van der Waals surface area contributed by atoms with Gasteiger partial charge in [-0.2, -0.15) is 4.98 Å². The summed E-state index contributed by atoms with van der Waals surface area (Å²) in [6, 6.07) is 16.5. The monoisotopic (exact) mass is 474 g/mol. The lowest BCUT2D eigenvalue weighted by molar-refractivity contribution is 0.420. The van der Waals surface area contributed by atoms with Crippen LogP contribution in [0.25, 0.3) is 11.2 Å². The van der Waals surface area contributed by atoms with Crippen molar-refractivity contribution in [3.8, 4) is 11.8 Å². The average Bonchev–Trinajstić information content (AvgIpc) is 3.13. The SMILES string of the molecule is Cn1c(=O)c2c(nc(Oc3ccc(C(C)(C)C)cc3)n2Cc2ccc(C(C)(C)C)cc2)n(C)c1=O. The van der Waals surface area contributed by atoms with Gasteiger partial charge in [-0.15, -0.1) is 0 Å². The second kappa shape index (κ2) is 8.56. The van der Waals surface area contributed by atoms with E-state index in [0.29, 0.717) is 23.5 Å². The van der Waals surface area contributed by atoms with Gasteiger partial charge in [0.15, 0.2) is 11.2 Å². The van der Waals surface area contributed by atoms with Gasteiger partial charge in [0.2, 0.25) is 0 Å². The zero-order chi connectivity index (χ0) is 25.7. The predicted molar refractivity (Wildman–Crippen MR) is 140 cm³/mol. The first-order chi connectivity index (χ1) is 16.3. The molecule has 2 aromatic carbocycles. The Kier molecular flexibility index (Phi) is 5.99. The van der Waals surface area contributed by atoms with E-state index in [1.807, 2.05) is 24.3 Å². The molecule has 0 N–H and O–H groups in total. The highest BCUT2D eigenvalue weighted by atomic mass is 16.5. The van der Waals surface area contributed by atoms with Crippen LogP contribution < -0.4 is 16.0 Å². The van der Waals surface area contributed by atoms with Crippen LogP contribution in [-0.4, -0.2) is 18.7 Å². The van der Waals surface area contributed by atoms with Gasteiger partial charge in [0.1, 0.15) is 5.75 Å². The van der Waals surface area contributed by atoms with Crippen LogP contribution in [0.2, 0.25) is 0 Å². The zero-order valence-electron chi connectivity index (χ0n) is 21.8. The predicted octanol–water partition coefficient (Wildman–Crippen LogP) is 4.87. The minimum absolute atomic E-state index is 0.0232. The standard InChI is InChI=1S/C28H34N4O3/c1-27(2,3)19-11-9-18(10-12-19)17-32-22-23(30(7)26(34)31(8)24(22)33)29-25(32)35-21-15-13-20(14-16-21)28(4,5)6/h9-16H,17H2,1-8H3. The molecule has 0 aliphatic carbocycles. The molecule has 0 unspecified atom stereocenters. The molecule has 2 heterocycles. The second-order valence-corrected chi connectivity index (χ2v) is 11.2. The first-order valence-electron chi connectivity index (χ1n) is 11.8. The molecule has 0 atom stereocenters. The van der Waals surface area contributed by atoms with Crippen LogP contribution in [0, 0.1) is 0 Å². The number of aryl methyl sites for hydroxylation is 1. The number of aromatic nitrogens is 4. The van der Waals surface area contributed by atoms with E-state index in [1.165, 1.54) is 22.7 Å². The summed E-state index contributed by atoms with van der Waals surface area (Å²) in [7, 11) is 3.09. The van der Waals surface area contributed by atoms with Crippen LogP contribution in [0.5, 0.6) is 11.8 Å². The van der Waals surface area contributed by atoms with Gasteiger partial charge in [0.25, 0.3) is 5.56 Å². The van der Waals surface area contributed by atoms with Gasteiger partial charge in [0, 0.05) is 14.1 Å². The van der Waals surface area contributed by atoms with Crippen LogP contribution in [0.1, 0.15) is 58.2 Å². The number of nitrogens with zero attached hydrogens (tertiary/aromatic N) is 4. The van der Waals surface area contributed by atoms with Crippen molar-refractivity contribution >= 4 is 11.2 Å². The van der Waals surface area contributed by atoms with Crippen LogP contribution in [0.15, 0.2) is 58.1 Å². The molecular weight excluding hydrogens is 440 g/mol. The molecule has 35 heavy (non-hydrogen) atoms. The van der Waals surface area contributed by atoms with E-state index in [-0.39, 0.29) is 16.8 Å². The van der Waals surface area contributed by atoms with Crippen LogP contribution in [0.3, 0.4) is 0 Å². The molecule has 4 aromatic rings. The molecular formula is C28H34N4O3. The maximum atomic E-state index is 13.2. The molecule has 0 saturated carbocycles. The molecule has 0 fully saturated rings. The van der Waals surface area contributed by atoms with Gasteiger partial charge in [-0.3, -0.25) is 18.5 Å². The summed E-state index contributed by atoms with van der Waals surface area (Å²) in [5.41, 5.74) is 3.28. The van der Waals surface area contributed by atoms with Gasteiger partial charge in [-0.25, -0.2) is 4.79 Å². The summed E-state index contributed by atoms with van der Waals surface area (Å²) in [5, 5.41) is 0. The Labute approximate surface area is 205 Å². The Hall–Kier alpha value is -3.61. The van der Waals surface area contributed by atoms with E-state index in [1.54, 1.807) is 11.6 Å². The number of benzene rings is 2. The lowest BCUT2D eigenvalue weighted by Crippen LogP contribution is -2.37.